The Morgan fingerprint density at radius 2 is 1.46 bits per heavy atom. The molecule has 1 heterocycles. The van der Waals surface area contributed by atoms with Crippen LogP contribution in [-0.4, -0.2) is 56.2 Å². The van der Waals surface area contributed by atoms with E-state index in [1.807, 2.05) is 12.1 Å². The summed E-state index contributed by atoms with van der Waals surface area (Å²) in [6.45, 7) is 6.33. The number of ether oxygens (including phenoxy) is 1. The van der Waals surface area contributed by atoms with E-state index in [9.17, 15) is 0 Å². The van der Waals surface area contributed by atoms with Crippen LogP contribution in [0.15, 0.2) is 54.6 Å². The lowest BCUT2D eigenvalue weighted by Gasteiger charge is -2.32. The van der Waals surface area contributed by atoms with E-state index in [0.717, 1.165) is 45.1 Å². The Labute approximate surface area is 157 Å². The van der Waals surface area contributed by atoms with E-state index in [-0.39, 0.29) is 24.8 Å². The minimum absolute atomic E-state index is 0. The van der Waals surface area contributed by atoms with Gasteiger partial charge in [0.2, 0.25) is 0 Å². The van der Waals surface area contributed by atoms with Crippen molar-refractivity contribution >= 4 is 24.8 Å². The Bertz CT molecular complexity index is 587. The highest BCUT2D eigenvalue weighted by Crippen LogP contribution is 2.29. The molecular formula is C19H26Cl2N2O. The van der Waals surface area contributed by atoms with Crippen molar-refractivity contribution in [2.24, 2.45) is 0 Å². The minimum atomic E-state index is 0. The zero-order valence-electron chi connectivity index (χ0n) is 14.1. The predicted molar refractivity (Wildman–Crippen MR) is 106 cm³/mol. The molecule has 132 valence electrons. The van der Waals surface area contributed by atoms with Gasteiger partial charge in [0, 0.05) is 38.3 Å². The summed E-state index contributed by atoms with van der Waals surface area (Å²) in [6, 6.07) is 18.7. The summed E-state index contributed by atoms with van der Waals surface area (Å²) in [6.07, 6.45) is 0. The molecule has 24 heavy (non-hydrogen) atoms. The third-order valence-electron chi connectivity index (χ3n) is 4.23. The van der Waals surface area contributed by atoms with Gasteiger partial charge in [-0.2, -0.15) is 0 Å². The maximum Gasteiger partial charge on any atom is 0.127 e. The van der Waals surface area contributed by atoms with E-state index >= 15 is 0 Å². The molecule has 1 saturated heterocycles. The molecule has 0 aromatic heterocycles. The van der Waals surface area contributed by atoms with Crippen LogP contribution in [0.5, 0.6) is 5.75 Å². The molecule has 0 radical (unpaired) electrons. The second kappa shape index (κ2) is 10.6. The third kappa shape index (κ3) is 5.67. The van der Waals surface area contributed by atoms with Crippen LogP contribution in [0.4, 0.5) is 0 Å². The molecule has 0 amide bonds. The van der Waals surface area contributed by atoms with Crippen LogP contribution in [0.25, 0.3) is 11.1 Å². The average molecular weight is 369 g/mol. The molecule has 1 aliphatic rings. The van der Waals surface area contributed by atoms with Crippen molar-refractivity contribution in [3.8, 4) is 16.9 Å². The highest BCUT2D eigenvalue weighted by molar-refractivity contribution is 5.85. The van der Waals surface area contributed by atoms with Gasteiger partial charge in [-0.25, -0.2) is 0 Å². The van der Waals surface area contributed by atoms with Crippen LogP contribution in [0.1, 0.15) is 0 Å². The smallest absolute Gasteiger partial charge is 0.127 e. The number of rotatable bonds is 5. The minimum Gasteiger partial charge on any atom is -0.492 e. The van der Waals surface area contributed by atoms with E-state index in [1.54, 1.807) is 0 Å². The van der Waals surface area contributed by atoms with Crippen molar-refractivity contribution in [1.82, 2.24) is 9.80 Å². The molecule has 1 aliphatic heterocycles. The standard InChI is InChI=1S/C19H24N2O.2ClH/c1-20-11-13-21(14-12-20)15-16-22-19-10-6-5-9-18(19)17-7-3-2-4-8-17;;/h2-10H,11-16H2,1H3;2*1H. The highest BCUT2D eigenvalue weighted by atomic mass is 35.5. The van der Waals surface area contributed by atoms with Gasteiger partial charge in [-0.1, -0.05) is 48.5 Å². The van der Waals surface area contributed by atoms with Gasteiger partial charge in [0.25, 0.3) is 0 Å². The molecule has 2 aromatic carbocycles. The van der Waals surface area contributed by atoms with Gasteiger partial charge >= 0.3 is 0 Å². The second-order valence-corrected chi connectivity index (χ2v) is 5.86. The first kappa shape index (κ1) is 20.8. The molecule has 0 saturated carbocycles. The first-order valence-electron chi connectivity index (χ1n) is 8.01. The maximum atomic E-state index is 6.07. The zero-order chi connectivity index (χ0) is 15.2. The topological polar surface area (TPSA) is 15.7 Å². The summed E-state index contributed by atoms with van der Waals surface area (Å²) < 4.78 is 6.07. The monoisotopic (exact) mass is 368 g/mol. The number of para-hydroxylation sites is 1. The molecule has 0 unspecified atom stereocenters. The number of piperazine rings is 1. The summed E-state index contributed by atoms with van der Waals surface area (Å²) in [5.74, 6) is 0.975. The van der Waals surface area contributed by atoms with Gasteiger partial charge in [-0.05, 0) is 18.7 Å². The van der Waals surface area contributed by atoms with Crippen molar-refractivity contribution in [2.45, 2.75) is 0 Å². The molecule has 3 nitrogen and oxygen atoms in total. The molecule has 0 spiro atoms. The summed E-state index contributed by atoms with van der Waals surface area (Å²) in [7, 11) is 2.18. The molecule has 0 atom stereocenters. The summed E-state index contributed by atoms with van der Waals surface area (Å²) in [5, 5.41) is 0. The molecule has 0 aliphatic carbocycles. The van der Waals surface area contributed by atoms with Gasteiger partial charge < -0.3 is 9.64 Å². The highest BCUT2D eigenvalue weighted by Gasteiger charge is 2.13. The molecule has 2 aromatic rings. The van der Waals surface area contributed by atoms with Gasteiger partial charge in [0.1, 0.15) is 12.4 Å². The largest absolute Gasteiger partial charge is 0.492 e. The van der Waals surface area contributed by atoms with Gasteiger partial charge in [0.15, 0.2) is 0 Å². The van der Waals surface area contributed by atoms with E-state index < -0.39 is 0 Å². The fourth-order valence-electron chi connectivity index (χ4n) is 2.80. The fraction of sp³-hybridized carbons (Fsp3) is 0.368. The van der Waals surface area contributed by atoms with Crippen LogP contribution in [-0.2, 0) is 0 Å². The fourth-order valence-corrected chi connectivity index (χ4v) is 2.80. The molecule has 3 rings (SSSR count). The van der Waals surface area contributed by atoms with Crippen LogP contribution in [0, 0.1) is 0 Å². The normalized spacial score (nSPS) is 15.2. The van der Waals surface area contributed by atoms with Crippen molar-refractivity contribution in [3.05, 3.63) is 54.6 Å². The lowest BCUT2D eigenvalue weighted by Crippen LogP contribution is -2.45. The Hall–Kier alpha value is -1.26. The number of hydrogen-bond donors (Lipinski definition) is 0. The van der Waals surface area contributed by atoms with Crippen LogP contribution in [0.2, 0.25) is 0 Å². The summed E-state index contributed by atoms with van der Waals surface area (Å²) in [5.41, 5.74) is 2.37. The Kier molecular flexibility index (Phi) is 9.16. The average Bonchev–Trinajstić information content (AvgIpc) is 2.58. The molecule has 0 N–H and O–H groups in total. The number of halogens is 2. The Balaban J connectivity index is 0.00000144. The number of likely N-dealkylation sites (N-methyl/N-ethyl adjacent to an activating group) is 1. The Morgan fingerprint density at radius 1 is 0.833 bits per heavy atom. The van der Waals surface area contributed by atoms with E-state index in [4.69, 9.17) is 4.74 Å². The van der Waals surface area contributed by atoms with Crippen molar-refractivity contribution < 1.29 is 4.74 Å². The van der Waals surface area contributed by atoms with Gasteiger partial charge in [0.05, 0.1) is 0 Å². The van der Waals surface area contributed by atoms with Gasteiger partial charge in [-0.3, -0.25) is 4.90 Å². The molecular weight excluding hydrogens is 343 g/mol. The predicted octanol–water partition coefficient (Wildman–Crippen LogP) is 3.82. The van der Waals surface area contributed by atoms with Gasteiger partial charge in [-0.15, -0.1) is 24.8 Å². The second-order valence-electron chi connectivity index (χ2n) is 5.86. The molecule has 0 bridgehead atoms. The van der Waals surface area contributed by atoms with Crippen molar-refractivity contribution in [2.75, 3.05) is 46.4 Å². The van der Waals surface area contributed by atoms with E-state index in [1.165, 1.54) is 11.1 Å². The van der Waals surface area contributed by atoms with Crippen molar-refractivity contribution in [3.63, 3.8) is 0 Å². The summed E-state index contributed by atoms with van der Waals surface area (Å²) >= 11 is 0. The van der Waals surface area contributed by atoms with Crippen LogP contribution >= 0.6 is 24.8 Å². The quantitative estimate of drug-likeness (QED) is 0.797. The SMILES string of the molecule is CN1CCN(CCOc2ccccc2-c2ccccc2)CC1.Cl.Cl. The third-order valence-corrected chi connectivity index (χ3v) is 4.23. The van der Waals surface area contributed by atoms with E-state index in [0.29, 0.717) is 0 Å². The number of hydrogen-bond acceptors (Lipinski definition) is 3. The van der Waals surface area contributed by atoms with Crippen molar-refractivity contribution in [1.29, 1.82) is 0 Å². The molecule has 1 fully saturated rings. The zero-order valence-corrected chi connectivity index (χ0v) is 15.7. The van der Waals surface area contributed by atoms with Crippen LogP contribution < -0.4 is 4.74 Å². The Morgan fingerprint density at radius 3 is 2.17 bits per heavy atom. The molecule has 5 heteroatoms. The lowest BCUT2D eigenvalue weighted by molar-refractivity contribution is 0.134. The lowest BCUT2D eigenvalue weighted by atomic mass is 10.1. The first-order chi connectivity index (χ1) is 10.8. The maximum absolute atomic E-state index is 6.07. The van der Waals surface area contributed by atoms with E-state index in [2.05, 4.69) is 59.3 Å². The summed E-state index contributed by atoms with van der Waals surface area (Å²) in [4.78, 5) is 4.85. The number of nitrogens with zero attached hydrogens (tertiary/aromatic N) is 2. The van der Waals surface area contributed by atoms with Crippen LogP contribution in [0.3, 0.4) is 0 Å². The first-order valence-corrected chi connectivity index (χ1v) is 8.01. The number of benzene rings is 2.